The quantitative estimate of drug-likeness (QED) is 0.876. The van der Waals surface area contributed by atoms with Gasteiger partial charge in [0, 0.05) is 12.1 Å². The molecule has 0 bridgehead atoms. The third kappa shape index (κ3) is 3.26. The van der Waals surface area contributed by atoms with Crippen LogP contribution in [0.15, 0.2) is 12.1 Å². The third-order valence-corrected chi connectivity index (χ3v) is 4.03. The van der Waals surface area contributed by atoms with Crippen molar-refractivity contribution in [3.05, 3.63) is 29.3 Å². The van der Waals surface area contributed by atoms with Crippen LogP contribution in [0.3, 0.4) is 0 Å². The van der Waals surface area contributed by atoms with Gasteiger partial charge in [0.15, 0.2) is 0 Å². The van der Waals surface area contributed by atoms with Crippen molar-refractivity contribution in [1.29, 1.82) is 0 Å². The van der Waals surface area contributed by atoms with E-state index in [1.807, 2.05) is 6.92 Å². The van der Waals surface area contributed by atoms with Crippen LogP contribution in [0.5, 0.6) is 0 Å². The Hall–Kier alpha value is -1.65. The molecular formula is C15H19F2NO2. The largest absolute Gasteiger partial charge is 0.478 e. The molecule has 1 aliphatic rings. The molecule has 1 atom stereocenters. The number of aromatic carboxylic acids is 1. The van der Waals surface area contributed by atoms with E-state index in [9.17, 15) is 13.6 Å². The lowest BCUT2D eigenvalue weighted by Crippen LogP contribution is -2.28. The maximum atomic E-state index is 13.7. The SMILES string of the molecule is CC(Nc1cc(C(=O)O)c(F)cc1F)C1CCCCC1. The molecule has 0 saturated heterocycles. The molecule has 0 amide bonds. The van der Waals surface area contributed by atoms with E-state index in [2.05, 4.69) is 5.32 Å². The summed E-state index contributed by atoms with van der Waals surface area (Å²) >= 11 is 0. The standard InChI is InChI=1S/C15H19F2NO2/c1-9(10-5-3-2-4-6-10)18-14-7-11(15(19)20)12(16)8-13(14)17/h7-10,18H,2-6H2,1H3,(H,19,20). The first-order valence-electron chi connectivity index (χ1n) is 6.98. The Kier molecular flexibility index (Phi) is 4.57. The van der Waals surface area contributed by atoms with Crippen molar-refractivity contribution in [3.8, 4) is 0 Å². The highest BCUT2D eigenvalue weighted by Crippen LogP contribution is 2.29. The van der Waals surface area contributed by atoms with Crippen molar-refractivity contribution in [3.63, 3.8) is 0 Å². The third-order valence-electron chi connectivity index (χ3n) is 4.03. The van der Waals surface area contributed by atoms with Crippen LogP contribution in [0, 0.1) is 17.6 Å². The fourth-order valence-electron chi connectivity index (χ4n) is 2.82. The summed E-state index contributed by atoms with van der Waals surface area (Å²) in [6, 6.07) is 1.70. The highest BCUT2D eigenvalue weighted by Gasteiger charge is 2.22. The Morgan fingerprint density at radius 1 is 1.25 bits per heavy atom. The van der Waals surface area contributed by atoms with Gasteiger partial charge in [-0.05, 0) is 31.7 Å². The van der Waals surface area contributed by atoms with Crippen molar-refractivity contribution in [1.82, 2.24) is 0 Å². The van der Waals surface area contributed by atoms with Crippen LogP contribution in [0.25, 0.3) is 0 Å². The number of rotatable bonds is 4. The molecule has 0 spiro atoms. The first-order valence-corrected chi connectivity index (χ1v) is 6.98. The van der Waals surface area contributed by atoms with E-state index in [0.717, 1.165) is 18.9 Å². The second kappa shape index (κ2) is 6.20. The number of nitrogens with one attached hydrogen (secondary N) is 1. The van der Waals surface area contributed by atoms with Crippen LogP contribution in [0.2, 0.25) is 0 Å². The number of halogens is 2. The lowest BCUT2D eigenvalue weighted by molar-refractivity contribution is 0.0692. The smallest absolute Gasteiger partial charge is 0.338 e. The van der Waals surface area contributed by atoms with Crippen molar-refractivity contribution < 1.29 is 18.7 Å². The van der Waals surface area contributed by atoms with Crippen LogP contribution in [-0.4, -0.2) is 17.1 Å². The number of carboxylic acids is 1. The van der Waals surface area contributed by atoms with Gasteiger partial charge in [0.25, 0.3) is 0 Å². The normalized spacial score (nSPS) is 17.8. The second-order valence-electron chi connectivity index (χ2n) is 5.45. The number of carboxylic acid groups (broad SMARTS) is 1. The summed E-state index contributed by atoms with van der Waals surface area (Å²) in [6.45, 7) is 1.96. The first-order chi connectivity index (χ1) is 9.49. The van der Waals surface area contributed by atoms with Gasteiger partial charge in [-0.25, -0.2) is 13.6 Å². The molecule has 1 fully saturated rings. The molecule has 0 aromatic heterocycles. The monoisotopic (exact) mass is 283 g/mol. The van der Waals surface area contributed by atoms with E-state index in [-0.39, 0.29) is 11.7 Å². The van der Waals surface area contributed by atoms with Gasteiger partial charge in [-0.2, -0.15) is 0 Å². The fourth-order valence-corrected chi connectivity index (χ4v) is 2.82. The number of benzene rings is 1. The van der Waals surface area contributed by atoms with Crippen LogP contribution in [-0.2, 0) is 0 Å². The number of hydrogen-bond acceptors (Lipinski definition) is 2. The average Bonchev–Trinajstić information content (AvgIpc) is 2.42. The number of anilines is 1. The lowest BCUT2D eigenvalue weighted by atomic mass is 9.84. The van der Waals surface area contributed by atoms with E-state index in [0.29, 0.717) is 12.0 Å². The molecule has 2 N–H and O–H groups in total. The maximum Gasteiger partial charge on any atom is 0.338 e. The first kappa shape index (κ1) is 14.8. The van der Waals surface area contributed by atoms with E-state index >= 15 is 0 Å². The van der Waals surface area contributed by atoms with Crippen molar-refractivity contribution >= 4 is 11.7 Å². The average molecular weight is 283 g/mol. The lowest BCUT2D eigenvalue weighted by Gasteiger charge is -2.29. The second-order valence-corrected chi connectivity index (χ2v) is 5.45. The van der Waals surface area contributed by atoms with Gasteiger partial charge in [-0.1, -0.05) is 19.3 Å². The Morgan fingerprint density at radius 3 is 2.50 bits per heavy atom. The summed E-state index contributed by atoms with van der Waals surface area (Å²) in [5.41, 5.74) is -0.452. The zero-order chi connectivity index (χ0) is 14.7. The highest BCUT2D eigenvalue weighted by atomic mass is 19.1. The van der Waals surface area contributed by atoms with Gasteiger partial charge in [0.1, 0.15) is 11.6 Å². The van der Waals surface area contributed by atoms with Gasteiger partial charge in [0.2, 0.25) is 0 Å². The topological polar surface area (TPSA) is 49.3 Å². The Labute approximate surface area is 117 Å². The highest BCUT2D eigenvalue weighted by molar-refractivity contribution is 5.89. The Bertz CT molecular complexity index is 499. The predicted molar refractivity (Wildman–Crippen MR) is 73.0 cm³/mol. The van der Waals surface area contributed by atoms with Crippen molar-refractivity contribution in [2.45, 2.75) is 45.1 Å². The fraction of sp³-hybridized carbons (Fsp3) is 0.533. The molecule has 1 saturated carbocycles. The molecule has 1 aromatic rings. The Balaban J connectivity index is 2.15. The van der Waals surface area contributed by atoms with Crippen molar-refractivity contribution in [2.24, 2.45) is 5.92 Å². The molecule has 5 heteroatoms. The van der Waals surface area contributed by atoms with Crippen LogP contribution in [0.1, 0.15) is 49.4 Å². The molecule has 1 aliphatic carbocycles. The van der Waals surface area contributed by atoms with E-state index in [1.165, 1.54) is 19.3 Å². The summed E-state index contributed by atoms with van der Waals surface area (Å²) < 4.78 is 27.1. The molecule has 110 valence electrons. The minimum absolute atomic E-state index is 0.0388. The van der Waals surface area contributed by atoms with Gasteiger partial charge < -0.3 is 10.4 Å². The summed E-state index contributed by atoms with van der Waals surface area (Å²) in [5.74, 6) is -2.75. The van der Waals surface area contributed by atoms with Crippen molar-refractivity contribution in [2.75, 3.05) is 5.32 Å². The molecule has 0 aliphatic heterocycles. The number of hydrogen-bond donors (Lipinski definition) is 2. The van der Waals surface area contributed by atoms with Gasteiger partial charge in [-0.3, -0.25) is 0 Å². The van der Waals surface area contributed by atoms with E-state index in [1.54, 1.807) is 0 Å². The van der Waals surface area contributed by atoms with Crippen LogP contribution >= 0.6 is 0 Å². The molecule has 0 heterocycles. The zero-order valence-corrected chi connectivity index (χ0v) is 11.5. The zero-order valence-electron chi connectivity index (χ0n) is 11.5. The minimum atomic E-state index is -1.39. The summed E-state index contributed by atoms with van der Waals surface area (Å²) in [6.07, 6.45) is 5.74. The summed E-state index contributed by atoms with van der Waals surface area (Å²) in [5, 5.41) is 11.9. The number of carbonyl (C=O) groups is 1. The molecule has 2 rings (SSSR count). The van der Waals surface area contributed by atoms with Gasteiger partial charge in [0.05, 0.1) is 11.3 Å². The van der Waals surface area contributed by atoms with Gasteiger partial charge in [-0.15, -0.1) is 0 Å². The van der Waals surface area contributed by atoms with E-state index in [4.69, 9.17) is 5.11 Å². The Morgan fingerprint density at radius 2 is 1.90 bits per heavy atom. The van der Waals surface area contributed by atoms with Crippen LogP contribution < -0.4 is 5.32 Å². The summed E-state index contributed by atoms with van der Waals surface area (Å²) in [7, 11) is 0. The molecule has 1 aromatic carbocycles. The molecule has 0 radical (unpaired) electrons. The molecule has 1 unspecified atom stereocenters. The predicted octanol–water partition coefficient (Wildman–Crippen LogP) is 4.04. The molecule has 3 nitrogen and oxygen atoms in total. The van der Waals surface area contributed by atoms with E-state index < -0.39 is 23.2 Å². The minimum Gasteiger partial charge on any atom is -0.478 e. The van der Waals surface area contributed by atoms with Gasteiger partial charge >= 0.3 is 5.97 Å². The molecular weight excluding hydrogens is 264 g/mol. The summed E-state index contributed by atoms with van der Waals surface area (Å²) in [4.78, 5) is 10.9. The molecule has 20 heavy (non-hydrogen) atoms. The van der Waals surface area contributed by atoms with Crippen LogP contribution in [0.4, 0.5) is 14.5 Å². The maximum absolute atomic E-state index is 13.7.